The number of alkyl halides is 1. The molecule has 0 saturated carbocycles. The summed E-state index contributed by atoms with van der Waals surface area (Å²) in [5.41, 5.74) is 1.24. The first-order valence-electron chi connectivity index (χ1n) is 5.58. The lowest BCUT2D eigenvalue weighted by molar-refractivity contribution is 0.191. The second-order valence-electron chi connectivity index (χ2n) is 3.89. The van der Waals surface area contributed by atoms with Crippen molar-refractivity contribution < 1.29 is 4.74 Å². The first kappa shape index (κ1) is 13.8. The second-order valence-corrected chi connectivity index (χ2v) is 4.64. The Morgan fingerprint density at radius 3 is 2.75 bits per heavy atom. The van der Waals surface area contributed by atoms with Crippen LogP contribution in [0.1, 0.15) is 30.7 Å². The third kappa shape index (κ3) is 4.73. The van der Waals surface area contributed by atoms with Crippen molar-refractivity contribution in [2.45, 2.75) is 25.2 Å². The van der Waals surface area contributed by atoms with Crippen LogP contribution in [0.4, 0.5) is 0 Å². The summed E-state index contributed by atoms with van der Waals surface area (Å²) < 4.78 is 5.03. The topological polar surface area (TPSA) is 9.23 Å². The maximum Gasteiger partial charge on any atom is 0.0462 e. The molecule has 16 heavy (non-hydrogen) atoms. The van der Waals surface area contributed by atoms with Crippen molar-refractivity contribution in [3.63, 3.8) is 0 Å². The lowest BCUT2D eigenvalue weighted by Gasteiger charge is -2.14. The van der Waals surface area contributed by atoms with Crippen molar-refractivity contribution in [3.8, 4) is 0 Å². The van der Waals surface area contributed by atoms with E-state index in [0.29, 0.717) is 11.8 Å². The average Bonchev–Trinajstić information content (AvgIpc) is 2.29. The standard InChI is InChI=1S/C13H18Cl2O/c1-16-8-3-2-5-12(10-14)11-6-4-7-13(15)9-11/h4,6-7,9,12H,2-3,5,8,10H2,1H3. The minimum Gasteiger partial charge on any atom is -0.385 e. The highest BCUT2D eigenvalue weighted by Gasteiger charge is 2.10. The summed E-state index contributed by atoms with van der Waals surface area (Å²) in [7, 11) is 1.73. The van der Waals surface area contributed by atoms with Crippen LogP contribution in [-0.2, 0) is 4.74 Å². The molecule has 0 amide bonds. The molecule has 1 aromatic rings. The van der Waals surface area contributed by atoms with Gasteiger partial charge in [-0.15, -0.1) is 11.6 Å². The second kappa shape index (κ2) is 7.94. The van der Waals surface area contributed by atoms with Crippen molar-refractivity contribution in [2.75, 3.05) is 19.6 Å². The third-order valence-corrected chi connectivity index (χ3v) is 3.27. The summed E-state index contributed by atoms with van der Waals surface area (Å²) in [6.45, 7) is 0.824. The SMILES string of the molecule is COCCCCC(CCl)c1cccc(Cl)c1. The Kier molecular flexibility index (Phi) is 6.86. The maximum absolute atomic E-state index is 5.99. The van der Waals surface area contributed by atoms with E-state index in [2.05, 4.69) is 6.07 Å². The third-order valence-electron chi connectivity index (χ3n) is 2.66. The number of halogens is 2. The molecule has 0 N–H and O–H groups in total. The quantitative estimate of drug-likeness (QED) is 0.519. The molecule has 0 aliphatic heterocycles. The van der Waals surface area contributed by atoms with Gasteiger partial charge in [0.15, 0.2) is 0 Å². The molecule has 0 saturated heterocycles. The fourth-order valence-corrected chi connectivity index (χ4v) is 2.26. The zero-order valence-corrected chi connectivity index (χ0v) is 11.1. The molecule has 3 heteroatoms. The molecule has 1 aromatic carbocycles. The van der Waals surface area contributed by atoms with Crippen LogP contribution in [0.15, 0.2) is 24.3 Å². The molecule has 90 valence electrons. The van der Waals surface area contributed by atoms with Crippen molar-refractivity contribution >= 4 is 23.2 Å². The largest absolute Gasteiger partial charge is 0.385 e. The van der Waals surface area contributed by atoms with E-state index in [9.17, 15) is 0 Å². The molecule has 1 nitrogen and oxygen atoms in total. The van der Waals surface area contributed by atoms with E-state index in [4.69, 9.17) is 27.9 Å². The van der Waals surface area contributed by atoms with Crippen LogP contribution in [0.3, 0.4) is 0 Å². The first-order chi connectivity index (χ1) is 7.77. The number of benzene rings is 1. The van der Waals surface area contributed by atoms with Crippen LogP contribution in [0.5, 0.6) is 0 Å². The minimum atomic E-state index is 0.400. The number of unbranched alkanes of at least 4 members (excludes halogenated alkanes) is 1. The zero-order chi connectivity index (χ0) is 11.8. The highest BCUT2D eigenvalue weighted by Crippen LogP contribution is 2.25. The Hall–Kier alpha value is -0.240. The maximum atomic E-state index is 5.99. The molecule has 1 unspecified atom stereocenters. The van der Waals surface area contributed by atoms with Gasteiger partial charge in [0.25, 0.3) is 0 Å². The van der Waals surface area contributed by atoms with E-state index in [-0.39, 0.29) is 0 Å². The van der Waals surface area contributed by atoms with E-state index in [0.717, 1.165) is 30.9 Å². The highest BCUT2D eigenvalue weighted by molar-refractivity contribution is 6.30. The van der Waals surface area contributed by atoms with E-state index in [1.165, 1.54) is 5.56 Å². The number of methoxy groups -OCH3 is 1. The van der Waals surface area contributed by atoms with Crippen LogP contribution in [0, 0.1) is 0 Å². The number of ether oxygens (including phenoxy) is 1. The van der Waals surface area contributed by atoms with Gasteiger partial charge in [0, 0.05) is 24.6 Å². The van der Waals surface area contributed by atoms with E-state index in [1.807, 2.05) is 18.2 Å². The van der Waals surface area contributed by atoms with Crippen LogP contribution >= 0.6 is 23.2 Å². The summed E-state index contributed by atoms with van der Waals surface area (Å²) >= 11 is 12.0. The summed E-state index contributed by atoms with van der Waals surface area (Å²) in [6.07, 6.45) is 3.31. The predicted molar refractivity (Wildman–Crippen MR) is 70.6 cm³/mol. The van der Waals surface area contributed by atoms with Crippen LogP contribution in [0.25, 0.3) is 0 Å². The summed E-state index contributed by atoms with van der Waals surface area (Å²) in [6, 6.07) is 7.97. The monoisotopic (exact) mass is 260 g/mol. The molecule has 1 atom stereocenters. The molecule has 0 spiro atoms. The van der Waals surface area contributed by atoms with Crippen LogP contribution in [0.2, 0.25) is 5.02 Å². The predicted octanol–water partition coefficient (Wildman–Crippen LogP) is 4.48. The summed E-state index contributed by atoms with van der Waals surface area (Å²) in [5.74, 6) is 1.05. The van der Waals surface area contributed by atoms with Gasteiger partial charge in [-0.2, -0.15) is 0 Å². The van der Waals surface area contributed by atoms with Gasteiger partial charge >= 0.3 is 0 Å². The summed E-state index contributed by atoms with van der Waals surface area (Å²) in [4.78, 5) is 0. The number of hydrogen-bond donors (Lipinski definition) is 0. The Balaban J connectivity index is 2.47. The molecule has 0 aliphatic carbocycles. The van der Waals surface area contributed by atoms with Gasteiger partial charge < -0.3 is 4.74 Å². The normalized spacial score (nSPS) is 12.7. The molecule has 0 fully saturated rings. The molecule has 0 aromatic heterocycles. The summed E-state index contributed by atoms with van der Waals surface area (Å²) in [5, 5.41) is 0.782. The van der Waals surface area contributed by atoms with Gasteiger partial charge in [-0.25, -0.2) is 0 Å². The molecular weight excluding hydrogens is 243 g/mol. The van der Waals surface area contributed by atoms with Crippen molar-refractivity contribution in [2.24, 2.45) is 0 Å². The van der Waals surface area contributed by atoms with Crippen LogP contribution in [-0.4, -0.2) is 19.6 Å². The molecule has 0 aliphatic rings. The number of hydrogen-bond acceptors (Lipinski definition) is 1. The molecule has 1 rings (SSSR count). The minimum absolute atomic E-state index is 0.400. The van der Waals surface area contributed by atoms with Gasteiger partial charge in [0.1, 0.15) is 0 Å². The van der Waals surface area contributed by atoms with E-state index < -0.39 is 0 Å². The van der Waals surface area contributed by atoms with Gasteiger partial charge in [-0.05, 0) is 36.5 Å². The molecular formula is C13H18Cl2O. The zero-order valence-electron chi connectivity index (χ0n) is 9.59. The smallest absolute Gasteiger partial charge is 0.0462 e. The molecule has 0 bridgehead atoms. The average molecular weight is 261 g/mol. The van der Waals surface area contributed by atoms with E-state index >= 15 is 0 Å². The molecule has 0 radical (unpaired) electrons. The first-order valence-corrected chi connectivity index (χ1v) is 6.49. The van der Waals surface area contributed by atoms with Crippen LogP contribution < -0.4 is 0 Å². The van der Waals surface area contributed by atoms with Crippen molar-refractivity contribution in [1.29, 1.82) is 0 Å². The van der Waals surface area contributed by atoms with Gasteiger partial charge in [-0.3, -0.25) is 0 Å². The lowest BCUT2D eigenvalue weighted by atomic mass is 9.95. The fourth-order valence-electron chi connectivity index (χ4n) is 1.73. The van der Waals surface area contributed by atoms with Crippen molar-refractivity contribution in [3.05, 3.63) is 34.9 Å². The Morgan fingerprint density at radius 1 is 1.31 bits per heavy atom. The van der Waals surface area contributed by atoms with Crippen molar-refractivity contribution in [1.82, 2.24) is 0 Å². The lowest BCUT2D eigenvalue weighted by Crippen LogP contribution is -2.01. The fraction of sp³-hybridized carbons (Fsp3) is 0.538. The van der Waals surface area contributed by atoms with Gasteiger partial charge in [0.05, 0.1) is 0 Å². The Labute approximate surface area is 108 Å². The Bertz CT molecular complexity index is 302. The van der Waals surface area contributed by atoms with E-state index in [1.54, 1.807) is 7.11 Å². The Morgan fingerprint density at radius 2 is 2.12 bits per heavy atom. The van der Waals surface area contributed by atoms with Gasteiger partial charge in [0.2, 0.25) is 0 Å². The highest BCUT2D eigenvalue weighted by atomic mass is 35.5. The van der Waals surface area contributed by atoms with Gasteiger partial charge in [-0.1, -0.05) is 30.2 Å². The number of rotatable bonds is 7. The molecule has 0 heterocycles.